The second kappa shape index (κ2) is 8.15. The number of nitrogens with one attached hydrogen (secondary N) is 2. The van der Waals surface area contributed by atoms with Crippen LogP contribution in [0.25, 0.3) is 0 Å². The molecule has 0 spiro atoms. The van der Waals surface area contributed by atoms with Crippen molar-refractivity contribution < 1.29 is 14.7 Å². The van der Waals surface area contributed by atoms with Gasteiger partial charge in [-0.2, -0.15) is 0 Å². The Kier molecular flexibility index (Phi) is 5.95. The molecular formula is C19H22N2O3. The molecule has 0 aliphatic rings. The first-order chi connectivity index (χ1) is 11.5. The Hall–Kier alpha value is -2.82. The largest absolute Gasteiger partial charge is 0.478 e. The van der Waals surface area contributed by atoms with Crippen LogP contribution in [0.3, 0.4) is 0 Å². The van der Waals surface area contributed by atoms with E-state index >= 15 is 0 Å². The Balaban J connectivity index is 2.04. The van der Waals surface area contributed by atoms with E-state index in [1.54, 1.807) is 24.3 Å². The molecule has 0 bridgehead atoms. The summed E-state index contributed by atoms with van der Waals surface area (Å²) in [5.41, 5.74) is 3.98. The van der Waals surface area contributed by atoms with Gasteiger partial charge in [0.1, 0.15) is 0 Å². The number of hydrogen-bond donors (Lipinski definition) is 3. The smallest absolute Gasteiger partial charge is 0.335 e. The van der Waals surface area contributed by atoms with Crippen molar-refractivity contribution in [1.82, 2.24) is 0 Å². The summed E-state index contributed by atoms with van der Waals surface area (Å²) in [5, 5.41) is 15.2. The quantitative estimate of drug-likeness (QED) is 0.717. The summed E-state index contributed by atoms with van der Waals surface area (Å²) >= 11 is 0. The first kappa shape index (κ1) is 17.5. The molecule has 0 radical (unpaired) electrons. The van der Waals surface area contributed by atoms with Crippen molar-refractivity contribution in [2.75, 3.05) is 10.6 Å². The molecule has 2 aromatic carbocycles. The molecule has 5 heteroatoms. The minimum absolute atomic E-state index is 0.0157. The third kappa shape index (κ3) is 4.59. The molecular weight excluding hydrogens is 304 g/mol. The van der Waals surface area contributed by atoms with Gasteiger partial charge in [-0.3, -0.25) is 4.79 Å². The van der Waals surface area contributed by atoms with Crippen molar-refractivity contribution in [2.24, 2.45) is 0 Å². The number of hydrogen-bond acceptors (Lipinski definition) is 3. The molecule has 0 aliphatic carbocycles. The number of aromatic carboxylic acids is 1. The monoisotopic (exact) mass is 326 g/mol. The van der Waals surface area contributed by atoms with Gasteiger partial charge >= 0.3 is 5.97 Å². The summed E-state index contributed by atoms with van der Waals surface area (Å²) < 4.78 is 0. The van der Waals surface area contributed by atoms with E-state index in [4.69, 9.17) is 5.11 Å². The van der Waals surface area contributed by atoms with E-state index in [-0.39, 0.29) is 11.5 Å². The normalized spacial score (nSPS) is 10.2. The summed E-state index contributed by atoms with van der Waals surface area (Å²) in [6, 6.07) is 12.5. The van der Waals surface area contributed by atoms with Crippen LogP contribution in [0.15, 0.2) is 42.5 Å². The number of benzene rings is 2. The number of rotatable bonds is 7. The van der Waals surface area contributed by atoms with Crippen LogP contribution in [-0.4, -0.2) is 17.0 Å². The van der Waals surface area contributed by atoms with Crippen LogP contribution < -0.4 is 10.6 Å². The van der Waals surface area contributed by atoms with Crippen LogP contribution >= 0.6 is 0 Å². The summed E-state index contributed by atoms with van der Waals surface area (Å²) in [6.07, 6.45) is 1.32. The molecule has 24 heavy (non-hydrogen) atoms. The predicted octanol–water partition coefficient (Wildman–Crippen LogP) is 4.04. The zero-order chi connectivity index (χ0) is 17.5. The maximum atomic E-state index is 11.8. The zero-order valence-electron chi connectivity index (χ0n) is 13.9. The van der Waals surface area contributed by atoms with Gasteiger partial charge < -0.3 is 15.7 Å². The molecule has 0 aromatic heterocycles. The minimum atomic E-state index is -0.930. The Morgan fingerprint density at radius 2 is 1.71 bits per heavy atom. The number of amides is 1. The highest BCUT2D eigenvalue weighted by Gasteiger charge is 2.07. The Bertz CT molecular complexity index is 724. The van der Waals surface area contributed by atoms with Crippen molar-refractivity contribution in [3.05, 3.63) is 59.2 Å². The maximum Gasteiger partial charge on any atom is 0.335 e. The lowest BCUT2D eigenvalue weighted by molar-refractivity contribution is -0.116. The summed E-state index contributed by atoms with van der Waals surface area (Å²) in [6.45, 7) is 4.50. The average Bonchev–Trinajstić information content (AvgIpc) is 2.56. The zero-order valence-corrected chi connectivity index (χ0v) is 13.9. The van der Waals surface area contributed by atoms with Gasteiger partial charge in [-0.1, -0.05) is 25.1 Å². The number of carbonyl (C=O) groups is 2. The third-order valence-electron chi connectivity index (χ3n) is 3.77. The van der Waals surface area contributed by atoms with Crippen molar-refractivity contribution in [1.29, 1.82) is 0 Å². The highest BCUT2D eigenvalue weighted by Crippen LogP contribution is 2.24. The minimum Gasteiger partial charge on any atom is -0.478 e. The number of carboxylic acids is 1. The summed E-state index contributed by atoms with van der Waals surface area (Å²) in [5.74, 6) is -0.914. The molecule has 0 unspecified atom stereocenters. The van der Waals surface area contributed by atoms with Crippen LogP contribution in [0, 0.1) is 6.92 Å². The van der Waals surface area contributed by atoms with Gasteiger partial charge in [0.25, 0.3) is 0 Å². The van der Waals surface area contributed by atoms with E-state index < -0.39 is 5.97 Å². The van der Waals surface area contributed by atoms with E-state index in [0.717, 1.165) is 28.9 Å². The molecule has 1 amide bonds. The second-order valence-corrected chi connectivity index (χ2v) is 5.63. The van der Waals surface area contributed by atoms with Crippen LogP contribution in [0.1, 0.15) is 41.3 Å². The fraction of sp³-hybridized carbons (Fsp3) is 0.263. The highest BCUT2D eigenvalue weighted by atomic mass is 16.4. The predicted molar refractivity (Wildman–Crippen MR) is 95.4 cm³/mol. The lowest BCUT2D eigenvalue weighted by Gasteiger charge is -2.14. The first-order valence-corrected chi connectivity index (χ1v) is 7.97. The summed E-state index contributed by atoms with van der Waals surface area (Å²) in [4.78, 5) is 22.6. The van der Waals surface area contributed by atoms with Crippen LogP contribution in [0.5, 0.6) is 0 Å². The molecule has 0 saturated heterocycles. The van der Waals surface area contributed by atoms with Crippen LogP contribution in [-0.2, 0) is 11.3 Å². The highest BCUT2D eigenvalue weighted by molar-refractivity contribution is 5.92. The molecule has 3 N–H and O–H groups in total. The fourth-order valence-corrected chi connectivity index (χ4v) is 2.36. The third-order valence-corrected chi connectivity index (χ3v) is 3.77. The molecule has 2 aromatic rings. The van der Waals surface area contributed by atoms with Gasteiger partial charge in [0, 0.05) is 24.3 Å². The Morgan fingerprint density at radius 1 is 1.04 bits per heavy atom. The van der Waals surface area contributed by atoms with Gasteiger partial charge in [0.05, 0.1) is 5.56 Å². The van der Waals surface area contributed by atoms with E-state index in [9.17, 15) is 9.59 Å². The lowest BCUT2D eigenvalue weighted by atomic mass is 10.1. The van der Waals surface area contributed by atoms with Crippen molar-refractivity contribution >= 4 is 23.3 Å². The van der Waals surface area contributed by atoms with Crippen molar-refractivity contribution in [3.8, 4) is 0 Å². The molecule has 2 rings (SSSR count). The molecule has 126 valence electrons. The Morgan fingerprint density at radius 3 is 2.33 bits per heavy atom. The van der Waals surface area contributed by atoms with Crippen molar-refractivity contribution in [3.63, 3.8) is 0 Å². The van der Waals surface area contributed by atoms with Gasteiger partial charge in [-0.15, -0.1) is 0 Å². The van der Waals surface area contributed by atoms with Crippen molar-refractivity contribution in [2.45, 2.75) is 33.2 Å². The van der Waals surface area contributed by atoms with Crippen LogP contribution in [0.2, 0.25) is 0 Å². The van der Waals surface area contributed by atoms with E-state index in [0.29, 0.717) is 13.0 Å². The lowest BCUT2D eigenvalue weighted by Crippen LogP contribution is -2.12. The molecule has 0 saturated carbocycles. The number of carboxylic acid groups (broad SMARTS) is 1. The molecule has 5 nitrogen and oxygen atoms in total. The van der Waals surface area contributed by atoms with E-state index in [1.807, 2.05) is 32.0 Å². The second-order valence-electron chi connectivity index (χ2n) is 5.63. The summed E-state index contributed by atoms with van der Waals surface area (Å²) in [7, 11) is 0. The van der Waals surface area contributed by atoms with E-state index in [1.165, 1.54) is 0 Å². The Labute approximate surface area is 141 Å². The SMILES string of the molecule is CCCC(=O)Nc1cccc(NCc2ccc(C(=O)O)cc2)c1C. The van der Waals surface area contributed by atoms with Gasteiger partial charge in [0.2, 0.25) is 5.91 Å². The topological polar surface area (TPSA) is 78.4 Å². The van der Waals surface area contributed by atoms with Gasteiger partial charge in [-0.25, -0.2) is 4.79 Å². The maximum absolute atomic E-state index is 11.8. The van der Waals surface area contributed by atoms with E-state index in [2.05, 4.69) is 10.6 Å². The molecule has 0 atom stereocenters. The fourth-order valence-electron chi connectivity index (χ4n) is 2.36. The number of anilines is 2. The molecule has 0 fully saturated rings. The van der Waals surface area contributed by atoms with Gasteiger partial charge in [-0.05, 0) is 48.7 Å². The average molecular weight is 326 g/mol. The molecule has 0 aliphatic heterocycles. The van der Waals surface area contributed by atoms with Gasteiger partial charge in [0.15, 0.2) is 0 Å². The number of carbonyl (C=O) groups excluding carboxylic acids is 1. The first-order valence-electron chi connectivity index (χ1n) is 7.97. The van der Waals surface area contributed by atoms with Crippen LogP contribution in [0.4, 0.5) is 11.4 Å². The standard InChI is InChI=1S/C19H22N2O3/c1-3-5-18(22)21-17-7-4-6-16(13(17)2)20-12-14-8-10-15(11-9-14)19(23)24/h4,6-11,20H,3,5,12H2,1-2H3,(H,21,22)(H,23,24). The molecule has 0 heterocycles.